The van der Waals surface area contributed by atoms with E-state index in [1.807, 2.05) is 44.2 Å². The quantitative estimate of drug-likeness (QED) is 0.909. The van der Waals surface area contributed by atoms with Crippen molar-refractivity contribution in [2.24, 2.45) is 5.92 Å². The maximum atomic E-state index is 12.4. The van der Waals surface area contributed by atoms with Crippen molar-refractivity contribution in [2.45, 2.75) is 20.3 Å². The summed E-state index contributed by atoms with van der Waals surface area (Å²) in [7, 11) is 0. The first-order valence-corrected chi connectivity index (χ1v) is 8.33. The highest BCUT2D eigenvalue weighted by molar-refractivity contribution is 6.03. The molecule has 0 spiro atoms. The highest BCUT2D eigenvalue weighted by atomic mass is 16.5. The molecule has 25 heavy (non-hydrogen) atoms. The Kier molecular flexibility index (Phi) is 4.97. The van der Waals surface area contributed by atoms with E-state index in [4.69, 9.17) is 4.74 Å². The lowest BCUT2D eigenvalue weighted by atomic mass is 10.1. The molecule has 1 aliphatic rings. The fraction of sp³-hybridized carbons (Fsp3) is 0.316. The van der Waals surface area contributed by atoms with Gasteiger partial charge in [-0.15, -0.1) is 0 Å². The Morgan fingerprint density at radius 2 is 2.08 bits per heavy atom. The smallest absolute Gasteiger partial charge is 0.230 e. The molecule has 1 aromatic carbocycles. The zero-order valence-corrected chi connectivity index (χ0v) is 14.4. The van der Waals surface area contributed by atoms with Crippen LogP contribution in [0.3, 0.4) is 0 Å². The normalized spacial score (nSPS) is 16.8. The van der Waals surface area contributed by atoms with Crippen LogP contribution >= 0.6 is 0 Å². The van der Waals surface area contributed by atoms with Gasteiger partial charge in [-0.05, 0) is 55.8 Å². The molecule has 2 aromatic rings. The number of aromatic nitrogens is 1. The summed E-state index contributed by atoms with van der Waals surface area (Å²) in [5, 5.41) is 2.79. The van der Waals surface area contributed by atoms with Crippen LogP contribution in [-0.2, 0) is 9.59 Å². The van der Waals surface area contributed by atoms with Gasteiger partial charge in [0, 0.05) is 24.8 Å². The van der Waals surface area contributed by atoms with Crippen molar-refractivity contribution in [1.82, 2.24) is 4.98 Å². The van der Waals surface area contributed by atoms with E-state index in [1.165, 1.54) is 0 Å². The Morgan fingerprint density at radius 1 is 1.32 bits per heavy atom. The third kappa shape index (κ3) is 3.96. The second kappa shape index (κ2) is 7.34. The second-order valence-electron chi connectivity index (χ2n) is 6.04. The van der Waals surface area contributed by atoms with Gasteiger partial charge in [0.25, 0.3) is 0 Å². The van der Waals surface area contributed by atoms with Gasteiger partial charge in [-0.3, -0.25) is 9.59 Å². The minimum absolute atomic E-state index is 0.0542. The molecule has 0 saturated carbocycles. The van der Waals surface area contributed by atoms with Crippen LogP contribution in [0.15, 0.2) is 42.6 Å². The van der Waals surface area contributed by atoms with Gasteiger partial charge in [0.05, 0.1) is 12.5 Å². The molecule has 0 bridgehead atoms. The van der Waals surface area contributed by atoms with Gasteiger partial charge in [0.15, 0.2) is 0 Å². The maximum absolute atomic E-state index is 12.4. The van der Waals surface area contributed by atoms with Gasteiger partial charge in [-0.2, -0.15) is 0 Å². The molecule has 2 heterocycles. The number of benzene rings is 1. The zero-order valence-electron chi connectivity index (χ0n) is 14.4. The van der Waals surface area contributed by atoms with E-state index < -0.39 is 0 Å². The lowest BCUT2D eigenvalue weighted by Gasteiger charge is -2.17. The monoisotopic (exact) mass is 339 g/mol. The van der Waals surface area contributed by atoms with Crippen LogP contribution in [0.1, 0.15) is 18.9 Å². The van der Waals surface area contributed by atoms with E-state index >= 15 is 0 Å². The molecule has 0 radical (unpaired) electrons. The van der Waals surface area contributed by atoms with E-state index in [2.05, 4.69) is 10.3 Å². The molecule has 2 amide bonds. The summed E-state index contributed by atoms with van der Waals surface area (Å²) >= 11 is 0. The number of amides is 2. The van der Waals surface area contributed by atoms with Crippen molar-refractivity contribution in [3.05, 3.63) is 48.2 Å². The Labute approximate surface area is 146 Å². The lowest BCUT2D eigenvalue weighted by Crippen LogP contribution is -2.28. The largest absolute Gasteiger partial charge is 0.494 e. The van der Waals surface area contributed by atoms with Crippen molar-refractivity contribution in [1.29, 1.82) is 0 Å². The summed E-state index contributed by atoms with van der Waals surface area (Å²) in [6, 6.07) is 11.0. The van der Waals surface area contributed by atoms with Crippen LogP contribution in [0.25, 0.3) is 0 Å². The summed E-state index contributed by atoms with van der Waals surface area (Å²) in [4.78, 5) is 30.5. The molecule has 1 saturated heterocycles. The average molecular weight is 339 g/mol. The molecule has 130 valence electrons. The Hall–Kier alpha value is -2.89. The first-order valence-electron chi connectivity index (χ1n) is 8.33. The molecule has 0 aliphatic carbocycles. The number of anilines is 2. The van der Waals surface area contributed by atoms with Crippen LogP contribution in [0.4, 0.5) is 11.5 Å². The maximum Gasteiger partial charge on any atom is 0.230 e. The van der Waals surface area contributed by atoms with Gasteiger partial charge in [-0.1, -0.05) is 0 Å². The lowest BCUT2D eigenvalue weighted by molar-refractivity contribution is -0.122. The first kappa shape index (κ1) is 17.0. The summed E-state index contributed by atoms with van der Waals surface area (Å²) in [5.74, 6) is 0.650. The number of ether oxygens (including phenoxy) is 1. The fourth-order valence-corrected chi connectivity index (χ4v) is 2.85. The molecule has 3 rings (SSSR count). The van der Waals surface area contributed by atoms with Crippen molar-refractivity contribution in [2.75, 3.05) is 23.4 Å². The van der Waals surface area contributed by atoms with Crippen LogP contribution in [-0.4, -0.2) is 29.9 Å². The number of hydrogen-bond donors (Lipinski definition) is 1. The van der Waals surface area contributed by atoms with Gasteiger partial charge in [0.1, 0.15) is 11.6 Å². The second-order valence-corrected chi connectivity index (χ2v) is 6.04. The molecule has 1 N–H and O–H groups in total. The minimum Gasteiger partial charge on any atom is -0.494 e. The van der Waals surface area contributed by atoms with E-state index in [0.29, 0.717) is 19.0 Å². The predicted molar refractivity (Wildman–Crippen MR) is 95.7 cm³/mol. The standard InChI is InChI=1S/C19H21N3O3/c1-3-25-16-6-4-15(5-7-16)22-12-14(11-18(22)23)19(24)21-17-10-13(2)8-9-20-17/h4-10,14H,3,11-12H2,1-2H3,(H,20,21,24)/t14-/m1/s1. The number of carbonyl (C=O) groups excluding carboxylic acids is 2. The average Bonchev–Trinajstić information content (AvgIpc) is 2.98. The first-order chi connectivity index (χ1) is 12.1. The van der Waals surface area contributed by atoms with E-state index in [0.717, 1.165) is 17.0 Å². The molecule has 6 heteroatoms. The molecular formula is C19H21N3O3. The minimum atomic E-state index is -0.388. The van der Waals surface area contributed by atoms with E-state index in [-0.39, 0.29) is 24.2 Å². The fourth-order valence-electron chi connectivity index (χ4n) is 2.85. The number of hydrogen-bond acceptors (Lipinski definition) is 4. The number of aryl methyl sites for hydroxylation is 1. The highest BCUT2D eigenvalue weighted by Gasteiger charge is 2.35. The van der Waals surface area contributed by atoms with Gasteiger partial charge < -0.3 is 15.0 Å². The molecule has 1 aliphatic heterocycles. The van der Waals surface area contributed by atoms with Crippen molar-refractivity contribution >= 4 is 23.3 Å². The SMILES string of the molecule is CCOc1ccc(N2C[C@H](C(=O)Nc3cc(C)ccn3)CC2=O)cc1. The highest BCUT2D eigenvalue weighted by Crippen LogP contribution is 2.27. The number of pyridine rings is 1. The third-order valence-corrected chi connectivity index (χ3v) is 4.12. The number of nitrogens with one attached hydrogen (secondary N) is 1. The van der Waals surface area contributed by atoms with Crippen LogP contribution < -0.4 is 15.0 Å². The topological polar surface area (TPSA) is 71.5 Å². The summed E-state index contributed by atoms with van der Waals surface area (Å²) in [6.07, 6.45) is 1.85. The Bertz CT molecular complexity index is 774. The summed E-state index contributed by atoms with van der Waals surface area (Å²) < 4.78 is 5.41. The molecule has 1 fully saturated rings. The Balaban J connectivity index is 1.66. The number of nitrogens with zero attached hydrogens (tertiary/aromatic N) is 2. The number of carbonyl (C=O) groups is 2. The Morgan fingerprint density at radius 3 is 2.76 bits per heavy atom. The van der Waals surface area contributed by atoms with Gasteiger partial charge in [0.2, 0.25) is 11.8 Å². The number of rotatable bonds is 5. The zero-order chi connectivity index (χ0) is 17.8. The third-order valence-electron chi connectivity index (χ3n) is 4.12. The van der Waals surface area contributed by atoms with Crippen molar-refractivity contribution in [3.63, 3.8) is 0 Å². The van der Waals surface area contributed by atoms with Crippen LogP contribution in [0.2, 0.25) is 0 Å². The van der Waals surface area contributed by atoms with E-state index in [1.54, 1.807) is 17.2 Å². The summed E-state index contributed by atoms with van der Waals surface area (Å²) in [6.45, 7) is 4.82. The van der Waals surface area contributed by atoms with Gasteiger partial charge >= 0.3 is 0 Å². The molecule has 1 atom stereocenters. The molecular weight excluding hydrogens is 318 g/mol. The molecule has 6 nitrogen and oxygen atoms in total. The van der Waals surface area contributed by atoms with Crippen LogP contribution in [0, 0.1) is 12.8 Å². The van der Waals surface area contributed by atoms with Crippen molar-refractivity contribution in [3.8, 4) is 5.75 Å². The summed E-state index contributed by atoms with van der Waals surface area (Å²) in [5.41, 5.74) is 1.79. The van der Waals surface area contributed by atoms with Crippen molar-refractivity contribution < 1.29 is 14.3 Å². The van der Waals surface area contributed by atoms with E-state index in [9.17, 15) is 9.59 Å². The predicted octanol–water partition coefficient (Wildman–Crippen LogP) is 2.78. The van der Waals surface area contributed by atoms with Gasteiger partial charge in [-0.25, -0.2) is 4.98 Å². The van der Waals surface area contributed by atoms with Crippen LogP contribution in [0.5, 0.6) is 5.75 Å². The molecule has 0 unspecified atom stereocenters. The molecule has 1 aromatic heterocycles.